The summed E-state index contributed by atoms with van der Waals surface area (Å²) in [6.07, 6.45) is 0. The fourth-order valence-electron chi connectivity index (χ4n) is 1.68. The van der Waals surface area contributed by atoms with Crippen molar-refractivity contribution < 1.29 is 9.47 Å². The van der Waals surface area contributed by atoms with Gasteiger partial charge in [0.25, 0.3) is 0 Å². The molecular formula is C22H35NO2. The van der Waals surface area contributed by atoms with Crippen molar-refractivity contribution in [1.29, 1.82) is 0 Å². The molecule has 2 aromatic carbocycles. The van der Waals surface area contributed by atoms with Gasteiger partial charge in [-0.3, -0.25) is 0 Å². The van der Waals surface area contributed by atoms with Crippen LogP contribution < -0.4 is 14.8 Å². The van der Waals surface area contributed by atoms with Crippen LogP contribution in [0.3, 0.4) is 0 Å². The van der Waals surface area contributed by atoms with E-state index in [1.165, 1.54) is 5.56 Å². The molecule has 0 radical (unpaired) electrons. The Hall–Kier alpha value is -2.00. The zero-order chi connectivity index (χ0) is 18.9. The topological polar surface area (TPSA) is 30.5 Å². The third-order valence-electron chi connectivity index (χ3n) is 2.80. The van der Waals surface area contributed by atoms with Crippen molar-refractivity contribution in [2.24, 2.45) is 5.92 Å². The first-order valence-corrected chi connectivity index (χ1v) is 8.99. The fraction of sp³-hybridized carbons (Fsp3) is 0.455. The van der Waals surface area contributed by atoms with Gasteiger partial charge in [0.1, 0.15) is 6.61 Å². The standard InChI is InChI=1S/C11H17NO2.C7H8.C4H10/c1-3-12-8-9-14-11-7-5-4-6-10(11)13-2;1-7-5-3-2-4-6-7;1-4(2)3/h4-7,12H,3,8-9H2,1-2H3;2-6H,1H3;4H,1-3H3. The molecule has 0 aliphatic heterocycles. The molecule has 2 aromatic rings. The van der Waals surface area contributed by atoms with Crippen LogP contribution in [0.2, 0.25) is 0 Å². The van der Waals surface area contributed by atoms with Crippen molar-refractivity contribution in [1.82, 2.24) is 5.32 Å². The Kier molecular flexibility index (Phi) is 14.3. The summed E-state index contributed by atoms with van der Waals surface area (Å²) in [5.41, 5.74) is 1.32. The van der Waals surface area contributed by atoms with Crippen LogP contribution in [0.5, 0.6) is 11.5 Å². The van der Waals surface area contributed by atoms with E-state index in [0.717, 1.165) is 30.5 Å². The lowest BCUT2D eigenvalue weighted by atomic mass is 10.2. The van der Waals surface area contributed by atoms with Crippen LogP contribution in [-0.2, 0) is 0 Å². The van der Waals surface area contributed by atoms with Crippen molar-refractivity contribution in [2.45, 2.75) is 34.6 Å². The maximum Gasteiger partial charge on any atom is 0.161 e. The number of aryl methyl sites for hydroxylation is 1. The molecule has 1 N–H and O–H groups in total. The molecule has 0 unspecified atom stereocenters. The molecule has 0 amide bonds. The SMILES string of the molecule is CC(C)C.CCNCCOc1ccccc1OC.Cc1ccccc1. The van der Waals surface area contributed by atoms with Gasteiger partial charge >= 0.3 is 0 Å². The number of methoxy groups -OCH3 is 1. The van der Waals surface area contributed by atoms with Crippen molar-refractivity contribution in [3.05, 3.63) is 60.2 Å². The Balaban J connectivity index is 0.000000433. The lowest BCUT2D eigenvalue weighted by Gasteiger charge is -2.09. The quantitative estimate of drug-likeness (QED) is 0.717. The van der Waals surface area contributed by atoms with Crippen LogP contribution in [-0.4, -0.2) is 26.8 Å². The second-order valence-corrected chi connectivity index (χ2v) is 6.24. The van der Waals surface area contributed by atoms with Gasteiger partial charge in [-0.1, -0.05) is 75.7 Å². The fourth-order valence-corrected chi connectivity index (χ4v) is 1.68. The molecule has 0 bridgehead atoms. The average molecular weight is 346 g/mol. The summed E-state index contributed by atoms with van der Waals surface area (Å²) < 4.78 is 10.7. The minimum absolute atomic E-state index is 0.661. The molecule has 0 aliphatic rings. The minimum atomic E-state index is 0.661. The van der Waals surface area contributed by atoms with E-state index in [0.29, 0.717) is 6.61 Å². The highest BCUT2D eigenvalue weighted by Gasteiger charge is 2.00. The van der Waals surface area contributed by atoms with E-state index in [9.17, 15) is 0 Å². The first-order valence-electron chi connectivity index (χ1n) is 8.99. The van der Waals surface area contributed by atoms with E-state index >= 15 is 0 Å². The number of likely N-dealkylation sites (N-methyl/N-ethyl adjacent to an activating group) is 1. The number of rotatable bonds is 6. The first-order chi connectivity index (χ1) is 12.0. The molecule has 0 atom stereocenters. The summed E-state index contributed by atoms with van der Waals surface area (Å²) in [6, 6.07) is 17.9. The highest BCUT2D eigenvalue weighted by molar-refractivity contribution is 5.39. The summed E-state index contributed by atoms with van der Waals surface area (Å²) in [5.74, 6) is 2.41. The predicted octanol–water partition coefficient (Wildman–Crippen LogP) is 5.34. The maximum atomic E-state index is 5.54. The molecule has 0 saturated carbocycles. The molecule has 25 heavy (non-hydrogen) atoms. The third kappa shape index (κ3) is 14.1. The van der Waals surface area contributed by atoms with Gasteiger partial charge in [-0.2, -0.15) is 0 Å². The van der Waals surface area contributed by atoms with Crippen molar-refractivity contribution >= 4 is 0 Å². The predicted molar refractivity (Wildman–Crippen MR) is 109 cm³/mol. The van der Waals surface area contributed by atoms with Gasteiger partial charge in [0.2, 0.25) is 0 Å². The number of ether oxygens (including phenoxy) is 2. The van der Waals surface area contributed by atoms with E-state index < -0.39 is 0 Å². The monoisotopic (exact) mass is 345 g/mol. The lowest BCUT2D eigenvalue weighted by Crippen LogP contribution is -2.20. The number of benzene rings is 2. The van der Waals surface area contributed by atoms with Crippen LogP contribution in [0.15, 0.2) is 54.6 Å². The molecule has 0 saturated heterocycles. The maximum absolute atomic E-state index is 5.54. The summed E-state index contributed by atoms with van der Waals surface area (Å²) in [7, 11) is 1.65. The molecular weight excluding hydrogens is 310 g/mol. The molecule has 2 rings (SSSR count). The van der Waals surface area contributed by atoms with Gasteiger partial charge in [-0.05, 0) is 31.5 Å². The molecule has 3 nitrogen and oxygen atoms in total. The van der Waals surface area contributed by atoms with Gasteiger partial charge in [0, 0.05) is 6.54 Å². The Morgan fingerprint density at radius 2 is 1.40 bits per heavy atom. The minimum Gasteiger partial charge on any atom is -0.493 e. The molecule has 0 spiro atoms. The molecule has 0 heterocycles. The molecule has 0 aliphatic carbocycles. The summed E-state index contributed by atoms with van der Waals surface area (Å²) in [5, 5.41) is 3.19. The number of hydrogen-bond donors (Lipinski definition) is 1. The van der Waals surface area contributed by atoms with Gasteiger partial charge in [0.15, 0.2) is 11.5 Å². The van der Waals surface area contributed by atoms with Crippen LogP contribution in [0.1, 0.15) is 33.3 Å². The van der Waals surface area contributed by atoms with Gasteiger partial charge in [-0.25, -0.2) is 0 Å². The van der Waals surface area contributed by atoms with E-state index in [-0.39, 0.29) is 0 Å². The summed E-state index contributed by atoms with van der Waals surface area (Å²) in [6.45, 7) is 13.1. The second kappa shape index (κ2) is 15.5. The van der Waals surface area contributed by atoms with Gasteiger partial charge in [0.05, 0.1) is 7.11 Å². The van der Waals surface area contributed by atoms with E-state index in [2.05, 4.69) is 52.1 Å². The van der Waals surface area contributed by atoms with Gasteiger partial charge in [-0.15, -0.1) is 0 Å². The molecule has 0 aromatic heterocycles. The zero-order valence-electron chi connectivity index (χ0n) is 16.7. The molecule has 140 valence electrons. The smallest absolute Gasteiger partial charge is 0.161 e. The summed E-state index contributed by atoms with van der Waals surface area (Å²) in [4.78, 5) is 0. The van der Waals surface area contributed by atoms with E-state index in [4.69, 9.17) is 9.47 Å². The Labute approximate surface area is 154 Å². The Bertz CT molecular complexity index is 524. The lowest BCUT2D eigenvalue weighted by molar-refractivity contribution is 0.293. The second-order valence-electron chi connectivity index (χ2n) is 6.24. The largest absolute Gasteiger partial charge is 0.493 e. The number of para-hydroxylation sites is 2. The number of hydrogen-bond acceptors (Lipinski definition) is 3. The summed E-state index contributed by atoms with van der Waals surface area (Å²) >= 11 is 0. The van der Waals surface area contributed by atoms with Crippen LogP contribution in [0.4, 0.5) is 0 Å². The van der Waals surface area contributed by atoms with E-state index in [1.807, 2.05) is 42.5 Å². The highest BCUT2D eigenvalue weighted by Crippen LogP contribution is 2.25. The molecule has 0 fully saturated rings. The molecule has 3 heteroatoms. The Morgan fingerprint density at radius 3 is 1.84 bits per heavy atom. The normalized spacial score (nSPS) is 9.40. The van der Waals surface area contributed by atoms with Crippen LogP contribution in [0, 0.1) is 12.8 Å². The highest BCUT2D eigenvalue weighted by atomic mass is 16.5. The van der Waals surface area contributed by atoms with E-state index in [1.54, 1.807) is 7.11 Å². The van der Waals surface area contributed by atoms with Crippen molar-refractivity contribution in [2.75, 3.05) is 26.8 Å². The van der Waals surface area contributed by atoms with Crippen molar-refractivity contribution in [3.63, 3.8) is 0 Å². The van der Waals surface area contributed by atoms with Crippen LogP contribution in [0.25, 0.3) is 0 Å². The number of nitrogens with one attached hydrogen (secondary N) is 1. The third-order valence-corrected chi connectivity index (χ3v) is 2.80. The van der Waals surface area contributed by atoms with Crippen LogP contribution >= 0.6 is 0 Å². The zero-order valence-corrected chi connectivity index (χ0v) is 16.7. The average Bonchev–Trinajstić information content (AvgIpc) is 2.60. The van der Waals surface area contributed by atoms with Gasteiger partial charge < -0.3 is 14.8 Å². The Morgan fingerprint density at radius 1 is 0.880 bits per heavy atom. The van der Waals surface area contributed by atoms with Crippen molar-refractivity contribution in [3.8, 4) is 11.5 Å². The first kappa shape index (κ1) is 23.0.